The lowest BCUT2D eigenvalue weighted by molar-refractivity contribution is 0.111. The molecule has 0 aliphatic rings. The van der Waals surface area contributed by atoms with E-state index < -0.39 is 0 Å². The average Bonchev–Trinajstić information content (AvgIpc) is 2.76. The van der Waals surface area contributed by atoms with E-state index in [0.29, 0.717) is 22.9 Å². The molecule has 0 aliphatic carbocycles. The number of aromatic nitrogens is 3. The molecule has 100 valence electrons. The molecule has 0 atom stereocenters. The standard InChI is InChI=1S/C13H15N3O3/c1-9-14-15-12(16(9)2)8-19-13-10(7-17)5-4-6-11(13)18-3/h4-7H,8H2,1-3H3. The van der Waals surface area contributed by atoms with E-state index in [1.165, 1.54) is 7.11 Å². The van der Waals surface area contributed by atoms with E-state index in [-0.39, 0.29) is 6.61 Å². The predicted molar refractivity (Wildman–Crippen MR) is 68.5 cm³/mol. The molecule has 0 spiro atoms. The molecule has 0 saturated heterocycles. The van der Waals surface area contributed by atoms with Crippen molar-refractivity contribution in [3.63, 3.8) is 0 Å². The monoisotopic (exact) mass is 261 g/mol. The van der Waals surface area contributed by atoms with E-state index >= 15 is 0 Å². The van der Waals surface area contributed by atoms with Crippen LogP contribution in [0.5, 0.6) is 11.5 Å². The summed E-state index contributed by atoms with van der Waals surface area (Å²) in [5, 5.41) is 7.95. The number of aryl methyl sites for hydroxylation is 1. The molecule has 0 bridgehead atoms. The first-order valence-electron chi connectivity index (χ1n) is 5.77. The predicted octanol–water partition coefficient (Wildman–Crippen LogP) is 1.52. The SMILES string of the molecule is COc1cccc(C=O)c1OCc1nnc(C)n1C. The van der Waals surface area contributed by atoms with Crippen LogP contribution in [0.2, 0.25) is 0 Å². The number of rotatable bonds is 5. The van der Waals surface area contributed by atoms with Crippen molar-refractivity contribution < 1.29 is 14.3 Å². The third-order valence-corrected chi connectivity index (χ3v) is 2.88. The molecule has 0 fully saturated rings. The maximum absolute atomic E-state index is 11.0. The van der Waals surface area contributed by atoms with Crippen molar-refractivity contribution in [1.82, 2.24) is 14.8 Å². The molecule has 0 aliphatic heterocycles. The number of para-hydroxylation sites is 1. The number of nitrogens with zero attached hydrogens (tertiary/aromatic N) is 3. The fraction of sp³-hybridized carbons (Fsp3) is 0.308. The molecule has 2 aromatic rings. The molecule has 2 rings (SSSR count). The van der Waals surface area contributed by atoms with E-state index in [0.717, 1.165) is 12.1 Å². The van der Waals surface area contributed by atoms with Gasteiger partial charge < -0.3 is 14.0 Å². The number of hydrogen-bond acceptors (Lipinski definition) is 5. The Balaban J connectivity index is 2.23. The van der Waals surface area contributed by atoms with Gasteiger partial charge in [-0.25, -0.2) is 0 Å². The van der Waals surface area contributed by atoms with Crippen LogP contribution in [0.3, 0.4) is 0 Å². The van der Waals surface area contributed by atoms with Gasteiger partial charge in [0.15, 0.2) is 23.6 Å². The van der Waals surface area contributed by atoms with Gasteiger partial charge in [-0.3, -0.25) is 4.79 Å². The Labute approximate surface area is 111 Å². The molecule has 19 heavy (non-hydrogen) atoms. The van der Waals surface area contributed by atoms with Crippen molar-refractivity contribution >= 4 is 6.29 Å². The molecular weight excluding hydrogens is 246 g/mol. The summed E-state index contributed by atoms with van der Waals surface area (Å²) in [5.74, 6) is 2.42. The van der Waals surface area contributed by atoms with Gasteiger partial charge in [0.05, 0.1) is 12.7 Å². The Kier molecular flexibility index (Phi) is 3.79. The number of methoxy groups -OCH3 is 1. The average molecular weight is 261 g/mol. The van der Waals surface area contributed by atoms with Crippen LogP contribution < -0.4 is 9.47 Å². The number of benzene rings is 1. The van der Waals surface area contributed by atoms with Gasteiger partial charge in [0.25, 0.3) is 0 Å². The van der Waals surface area contributed by atoms with Crippen LogP contribution in [-0.4, -0.2) is 28.2 Å². The first kappa shape index (κ1) is 13.1. The summed E-state index contributed by atoms with van der Waals surface area (Å²) in [7, 11) is 3.39. The number of ether oxygens (including phenoxy) is 2. The van der Waals surface area contributed by atoms with Crippen molar-refractivity contribution in [3.05, 3.63) is 35.4 Å². The molecule has 6 nitrogen and oxygen atoms in total. The highest BCUT2D eigenvalue weighted by atomic mass is 16.5. The van der Waals surface area contributed by atoms with Crippen LogP contribution in [-0.2, 0) is 13.7 Å². The lowest BCUT2D eigenvalue weighted by atomic mass is 10.2. The van der Waals surface area contributed by atoms with Gasteiger partial charge in [-0.2, -0.15) is 0 Å². The Morgan fingerprint density at radius 2 is 2.16 bits per heavy atom. The third-order valence-electron chi connectivity index (χ3n) is 2.88. The van der Waals surface area contributed by atoms with Crippen LogP contribution in [0.15, 0.2) is 18.2 Å². The quantitative estimate of drug-likeness (QED) is 0.763. The lowest BCUT2D eigenvalue weighted by Crippen LogP contribution is -2.06. The highest BCUT2D eigenvalue weighted by molar-refractivity contribution is 5.81. The van der Waals surface area contributed by atoms with E-state index in [4.69, 9.17) is 9.47 Å². The van der Waals surface area contributed by atoms with E-state index in [1.54, 1.807) is 18.2 Å². The van der Waals surface area contributed by atoms with Gasteiger partial charge in [0, 0.05) is 7.05 Å². The second-order valence-electron chi connectivity index (χ2n) is 4.01. The largest absolute Gasteiger partial charge is 0.493 e. The van der Waals surface area contributed by atoms with Crippen LogP contribution in [0.1, 0.15) is 22.0 Å². The maximum atomic E-state index is 11.0. The summed E-state index contributed by atoms with van der Waals surface area (Å²) in [6.07, 6.45) is 0.736. The molecule has 1 heterocycles. The van der Waals surface area contributed by atoms with Crippen molar-refractivity contribution in [2.75, 3.05) is 7.11 Å². The molecule has 0 saturated carbocycles. The highest BCUT2D eigenvalue weighted by Gasteiger charge is 2.12. The molecule has 1 aromatic carbocycles. The van der Waals surface area contributed by atoms with Crippen molar-refractivity contribution in [3.8, 4) is 11.5 Å². The lowest BCUT2D eigenvalue weighted by Gasteiger charge is -2.12. The van der Waals surface area contributed by atoms with Gasteiger partial charge in [0.1, 0.15) is 12.4 Å². The topological polar surface area (TPSA) is 66.2 Å². The molecule has 6 heteroatoms. The van der Waals surface area contributed by atoms with Gasteiger partial charge in [-0.15, -0.1) is 10.2 Å². The second kappa shape index (κ2) is 5.51. The smallest absolute Gasteiger partial charge is 0.172 e. The fourth-order valence-corrected chi connectivity index (χ4v) is 1.65. The first-order valence-corrected chi connectivity index (χ1v) is 5.77. The second-order valence-corrected chi connectivity index (χ2v) is 4.01. The number of aldehydes is 1. The number of hydrogen-bond donors (Lipinski definition) is 0. The third kappa shape index (κ3) is 2.57. The van der Waals surface area contributed by atoms with Crippen LogP contribution in [0.25, 0.3) is 0 Å². The minimum atomic E-state index is 0.221. The summed E-state index contributed by atoms with van der Waals surface area (Å²) < 4.78 is 12.7. The molecular formula is C13H15N3O3. The molecule has 0 radical (unpaired) electrons. The number of carbonyl (C=O) groups excluding carboxylic acids is 1. The van der Waals surface area contributed by atoms with E-state index in [1.807, 2.05) is 18.5 Å². The maximum Gasteiger partial charge on any atom is 0.172 e. The van der Waals surface area contributed by atoms with Crippen molar-refractivity contribution in [2.24, 2.45) is 7.05 Å². The Morgan fingerprint density at radius 1 is 1.37 bits per heavy atom. The van der Waals surface area contributed by atoms with Gasteiger partial charge in [-0.1, -0.05) is 6.07 Å². The summed E-state index contributed by atoms with van der Waals surface area (Å²) in [6.45, 7) is 2.08. The summed E-state index contributed by atoms with van der Waals surface area (Å²) >= 11 is 0. The van der Waals surface area contributed by atoms with Gasteiger partial charge in [-0.05, 0) is 19.1 Å². The molecule has 0 unspecified atom stereocenters. The highest BCUT2D eigenvalue weighted by Crippen LogP contribution is 2.30. The van der Waals surface area contributed by atoms with Crippen molar-refractivity contribution in [2.45, 2.75) is 13.5 Å². The Hall–Kier alpha value is -2.37. The summed E-state index contributed by atoms with van der Waals surface area (Å²) in [4.78, 5) is 11.0. The summed E-state index contributed by atoms with van der Waals surface area (Å²) in [6, 6.07) is 5.15. The van der Waals surface area contributed by atoms with Crippen molar-refractivity contribution in [1.29, 1.82) is 0 Å². The fourth-order valence-electron chi connectivity index (χ4n) is 1.65. The van der Waals surface area contributed by atoms with Gasteiger partial charge in [0.2, 0.25) is 0 Å². The zero-order valence-electron chi connectivity index (χ0n) is 11.1. The Bertz CT molecular complexity index is 593. The van der Waals surface area contributed by atoms with Crippen LogP contribution >= 0.6 is 0 Å². The zero-order chi connectivity index (χ0) is 13.8. The zero-order valence-corrected chi connectivity index (χ0v) is 11.1. The Morgan fingerprint density at radius 3 is 2.74 bits per heavy atom. The minimum absolute atomic E-state index is 0.221. The van der Waals surface area contributed by atoms with Crippen LogP contribution in [0.4, 0.5) is 0 Å². The molecule has 1 aromatic heterocycles. The normalized spacial score (nSPS) is 10.3. The molecule has 0 amide bonds. The number of carbonyl (C=O) groups is 1. The van der Waals surface area contributed by atoms with E-state index in [9.17, 15) is 4.79 Å². The first-order chi connectivity index (χ1) is 9.17. The summed E-state index contributed by atoms with van der Waals surface area (Å²) in [5.41, 5.74) is 0.443. The van der Waals surface area contributed by atoms with Gasteiger partial charge >= 0.3 is 0 Å². The van der Waals surface area contributed by atoms with Crippen LogP contribution in [0, 0.1) is 6.92 Å². The van der Waals surface area contributed by atoms with E-state index in [2.05, 4.69) is 10.2 Å². The minimum Gasteiger partial charge on any atom is -0.493 e. The molecule has 0 N–H and O–H groups in total.